The van der Waals surface area contributed by atoms with Crippen molar-refractivity contribution in [2.24, 2.45) is 0 Å². The van der Waals surface area contributed by atoms with Crippen molar-refractivity contribution in [3.63, 3.8) is 0 Å². The van der Waals surface area contributed by atoms with E-state index in [1.54, 1.807) is 0 Å². The molecule has 59 heavy (non-hydrogen) atoms. The lowest BCUT2D eigenvalue weighted by molar-refractivity contribution is -0.358. The molecule has 318 valence electrons. The summed E-state index contributed by atoms with van der Waals surface area (Å²) in [5.41, 5.74) is -1.22. The van der Waals surface area contributed by atoms with Crippen molar-refractivity contribution >= 4 is 23.0 Å². The second-order valence-electron chi connectivity index (χ2n) is 13.3. The lowest BCUT2D eigenvalue weighted by atomic mass is 9.97. The lowest BCUT2D eigenvalue weighted by Crippen LogP contribution is -2.65. The Labute approximate surface area is 331 Å². The SMILES string of the molecule is COc1cc(/C=C/C(=O)OC[C@H]2O[C@@H](O[C@H]3[C@H](Oc4c(-c5ccc(O)c(O)c5)oc5cc(O)cc(O)c5c4=O)O[C@H](CO)[C@H](O)[C@@H]3O)[C@H](O)[C@@H](O)[C@@H]2O)cc(OC)c1O. The van der Waals surface area contributed by atoms with E-state index in [-0.39, 0.29) is 28.4 Å². The summed E-state index contributed by atoms with van der Waals surface area (Å²) in [6.07, 6.45) is -16.9. The number of aliphatic hydroxyl groups is 6. The number of carbonyl (C=O) groups is 1. The molecule has 2 aliphatic heterocycles. The zero-order chi connectivity index (χ0) is 42.9. The third-order valence-electron chi connectivity index (χ3n) is 9.48. The van der Waals surface area contributed by atoms with Crippen molar-refractivity contribution in [2.75, 3.05) is 27.4 Å². The first kappa shape index (κ1) is 42.7. The second-order valence-corrected chi connectivity index (χ2v) is 13.3. The summed E-state index contributed by atoms with van der Waals surface area (Å²) >= 11 is 0. The number of phenolic OH excluding ortho intramolecular Hbond substituents is 5. The molecule has 3 heterocycles. The number of phenols is 5. The van der Waals surface area contributed by atoms with Gasteiger partial charge in [-0.25, -0.2) is 4.79 Å². The number of aromatic hydroxyl groups is 5. The van der Waals surface area contributed by atoms with Crippen LogP contribution in [0.2, 0.25) is 0 Å². The summed E-state index contributed by atoms with van der Waals surface area (Å²) in [5.74, 6) is -4.89. The smallest absolute Gasteiger partial charge is 0.330 e. The highest BCUT2D eigenvalue weighted by Crippen LogP contribution is 2.41. The van der Waals surface area contributed by atoms with E-state index in [9.17, 15) is 65.8 Å². The first-order valence-electron chi connectivity index (χ1n) is 17.6. The first-order chi connectivity index (χ1) is 28.1. The molecule has 10 atom stereocenters. The molecule has 1 aromatic heterocycles. The standard InChI is InChI=1S/C38H40O21/c1-52-21-7-14(8-22(53-2)27(21)45)3-6-25(44)54-13-24-29(47)31(49)33(51)37(57-24)59-36-32(50)28(46)23(12-39)56-38(36)58-35-30(48)26-19(43)10-16(40)11-20(26)55-34(35)15-4-5-17(41)18(42)9-15/h3-11,23-24,28-29,31-33,36-43,45-47,49-51H,12-13H2,1-2H3/b6-3+/t23-,24-,28+,29-,31+,32+,33-,36-,37+,38+/m1/s1. The molecule has 2 saturated heterocycles. The van der Waals surface area contributed by atoms with Crippen molar-refractivity contribution < 1.29 is 98.5 Å². The Hall–Kier alpha value is -5.88. The van der Waals surface area contributed by atoms with Crippen molar-refractivity contribution in [2.45, 2.75) is 61.4 Å². The Balaban J connectivity index is 1.28. The molecular formula is C38H40O21. The van der Waals surface area contributed by atoms with Crippen LogP contribution in [0.1, 0.15) is 5.56 Å². The van der Waals surface area contributed by atoms with Gasteiger partial charge in [-0.05, 0) is 42.0 Å². The maximum atomic E-state index is 14.0. The molecule has 0 amide bonds. The maximum absolute atomic E-state index is 14.0. The van der Waals surface area contributed by atoms with E-state index < -0.39 is 126 Å². The van der Waals surface area contributed by atoms with Gasteiger partial charge >= 0.3 is 5.97 Å². The number of rotatable bonds is 12. The number of hydrogen-bond acceptors (Lipinski definition) is 21. The molecule has 2 aliphatic rings. The van der Waals surface area contributed by atoms with E-state index in [1.165, 1.54) is 38.5 Å². The molecule has 0 unspecified atom stereocenters. The highest BCUT2D eigenvalue weighted by molar-refractivity contribution is 5.89. The Morgan fingerprint density at radius 1 is 0.763 bits per heavy atom. The van der Waals surface area contributed by atoms with Gasteiger partial charge in [0.05, 0.1) is 20.8 Å². The van der Waals surface area contributed by atoms with Gasteiger partial charge in [-0.2, -0.15) is 0 Å². The summed E-state index contributed by atoms with van der Waals surface area (Å²) in [6.45, 7) is -1.66. The van der Waals surface area contributed by atoms with E-state index in [0.29, 0.717) is 5.56 Å². The Morgan fingerprint density at radius 2 is 1.42 bits per heavy atom. The van der Waals surface area contributed by atoms with Crippen LogP contribution in [0.15, 0.2) is 57.8 Å². The van der Waals surface area contributed by atoms with E-state index in [2.05, 4.69) is 0 Å². The molecular weight excluding hydrogens is 792 g/mol. The van der Waals surface area contributed by atoms with E-state index in [4.69, 9.17) is 37.6 Å². The van der Waals surface area contributed by atoms with Gasteiger partial charge in [0.1, 0.15) is 71.8 Å². The third kappa shape index (κ3) is 8.64. The van der Waals surface area contributed by atoms with Crippen LogP contribution in [-0.2, 0) is 23.7 Å². The minimum atomic E-state index is -2.08. The predicted molar refractivity (Wildman–Crippen MR) is 196 cm³/mol. The molecule has 0 aliphatic carbocycles. The highest BCUT2D eigenvalue weighted by Gasteiger charge is 2.52. The number of benzene rings is 3. The summed E-state index contributed by atoms with van der Waals surface area (Å²) in [7, 11) is 2.62. The van der Waals surface area contributed by atoms with E-state index in [0.717, 1.165) is 30.3 Å². The second kappa shape index (κ2) is 17.5. The number of methoxy groups -OCH3 is 2. The minimum Gasteiger partial charge on any atom is -0.508 e. The van der Waals surface area contributed by atoms with Crippen LogP contribution in [0.25, 0.3) is 28.4 Å². The predicted octanol–water partition coefficient (Wildman–Crippen LogP) is -0.728. The van der Waals surface area contributed by atoms with E-state index in [1.807, 2.05) is 0 Å². The zero-order valence-electron chi connectivity index (χ0n) is 30.9. The molecule has 0 bridgehead atoms. The van der Waals surface area contributed by atoms with Crippen molar-refractivity contribution in [3.05, 3.63) is 64.3 Å². The summed E-state index contributed by atoms with van der Waals surface area (Å²) < 4.78 is 44.2. The largest absolute Gasteiger partial charge is 0.508 e. The van der Waals surface area contributed by atoms with Crippen molar-refractivity contribution in [1.82, 2.24) is 0 Å². The van der Waals surface area contributed by atoms with Crippen LogP contribution < -0.4 is 19.6 Å². The average molecular weight is 833 g/mol. The topological polar surface area (TPSA) is 334 Å². The van der Waals surface area contributed by atoms with Gasteiger partial charge in [0.15, 0.2) is 41.2 Å². The minimum absolute atomic E-state index is 0.0504. The monoisotopic (exact) mass is 832 g/mol. The summed E-state index contributed by atoms with van der Waals surface area (Å²) in [5, 5.41) is 115. The normalized spacial score (nSPS) is 27.1. The molecule has 3 aromatic carbocycles. The lowest BCUT2D eigenvalue weighted by Gasteiger charge is -2.45. The van der Waals surface area contributed by atoms with E-state index >= 15 is 0 Å². The molecule has 6 rings (SSSR count). The fourth-order valence-electron chi connectivity index (χ4n) is 6.35. The van der Waals surface area contributed by atoms with Gasteiger partial charge in [-0.3, -0.25) is 4.79 Å². The van der Waals surface area contributed by atoms with Crippen LogP contribution in [0.5, 0.6) is 46.0 Å². The maximum Gasteiger partial charge on any atom is 0.330 e. The van der Waals surface area contributed by atoms with Gasteiger partial charge in [-0.15, -0.1) is 0 Å². The average Bonchev–Trinajstić information content (AvgIpc) is 3.21. The van der Waals surface area contributed by atoms with Crippen LogP contribution in [-0.4, -0.2) is 151 Å². The zero-order valence-corrected chi connectivity index (χ0v) is 30.9. The molecule has 0 saturated carbocycles. The first-order valence-corrected chi connectivity index (χ1v) is 17.6. The van der Waals surface area contributed by atoms with Crippen LogP contribution in [0.3, 0.4) is 0 Å². The number of esters is 1. The molecule has 21 nitrogen and oxygen atoms in total. The number of carbonyl (C=O) groups excluding carboxylic acids is 1. The van der Waals surface area contributed by atoms with Crippen molar-refractivity contribution in [1.29, 1.82) is 0 Å². The quantitative estimate of drug-likeness (QED) is 0.0476. The molecule has 21 heteroatoms. The van der Waals surface area contributed by atoms with Crippen LogP contribution >= 0.6 is 0 Å². The van der Waals surface area contributed by atoms with Gasteiger partial charge < -0.3 is 93.7 Å². The van der Waals surface area contributed by atoms with Crippen molar-refractivity contribution in [3.8, 4) is 57.3 Å². The highest BCUT2D eigenvalue weighted by atomic mass is 16.8. The summed E-state index contributed by atoms with van der Waals surface area (Å²) in [6, 6.07) is 7.83. The van der Waals surface area contributed by atoms with Gasteiger partial charge in [0.2, 0.25) is 23.2 Å². The Kier molecular flexibility index (Phi) is 12.7. The van der Waals surface area contributed by atoms with Crippen LogP contribution in [0, 0.1) is 0 Å². The Morgan fingerprint density at radius 3 is 2.07 bits per heavy atom. The van der Waals surface area contributed by atoms with Crippen LogP contribution in [0.4, 0.5) is 0 Å². The number of hydrogen-bond donors (Lipinski definition) is 11. The van der Waals surface area contributed by atoms with Gasteiger partial charge in [-0.1, -0.05) is 0 Å². The molecule has 2 fully saturated rings. The number of fused-ring (bicyclic) bond motifs is 1. The third-order valence-corrected chi connectivity index (χ3v) is 9.48. The molecule has 0 radical (unpaired) electrons. The molecule has 0 spiro atoms. The van der Waals surface area contributed by atoms with Gasteiger partial charge in [0, 0.05) is 23.8 Å². The molecule has 4 aromatic rings. The summed E-state index contributed by atoms with van der Waals surface area (Å²) in [4.78, 5) is 26.6. The fourth-order valence-corrected chi connectivity index (χ4v) is 6.35. The molecule has 11 N–H and O–H groups in total. The Bertz CT molecular complexity index is 2230. The number of ether oxygens (including phenoxy) is 7. The van der Waals surface area contributed by atoms with Gasteiger partial charge in [0.25, 0.3) is 0 Å². The fraction of sp³-hybridized carbons (Fsp3) is 0.368. The number of aliphatic hydroxyl groups excluding tert-OH is 6.